The molecule has 1 atom stereocenters. The molecular formula is C15H18N2O2. The van der Waals surface area contributed by atoms with Crippen molar-refractivity contribution in [2.75, 3.05) is 13.2 Å². The van der Waals surface area contributed by atoms with E-state index in [1.165, 1.54) is 0 Å². The molecule has 1 fully saturated rings. The molecule has 1 aliphatic heterocycles. The van der Waals surface area contributed by atoms with Gasteiger partial charge in [-0.1, -0.05) is 24.0 Å². The molecule has 4 heteroatoms. The number of rotatable bonds is 3. The quantitative estimate of drug-likeness (QED) is 0.788. The van der Waals surface area contributed by atoms with Crippen LogP contribution in [-0.2, 0) is 16.1 Å². The summed E-state index contributed by atoms with van der Waals surface area (Å²) in [5, 5.41) is 2.89. The van der Waals surface area contributed by atoms with Gasteiger partial charge in [0, 0.05) is 18.7 Å². The maximum absolute atomic E-state index is 11.8. The number of hydrogen-bond acceptors (Lipinski definition) is 3. The Labute approximate surface area is 113 Å². The molecule has 3 N–H and O–H groups in total. The van der Waals surface area contributed by atoms with Crippen molar-refractivity contribution in [3.05, 3.63) is 35.4 Å². The van der Waals surface area contributed by atoms with E-state index in [0.717, 1.165) is 24.0 Å². The van der Waals surface area contributed by atoms with Gasteiger partial charge >= 0.3 is 0 Å². The Morgan fingerprint density at radius 2 is 2.42 bits per heavy atom. The van der Waals surface area contributed by atoms with Gasteiger partial charge in [-0.2, -0.15) is 0 Å². The second kappa shape index (κ2) is 6.93. The highest BCUT2D eigenvalue weighted by atomic mass is 16.5. The normalized spacial score (nSPS) is 17.6. The van der Waals surface area contributed by atoms with E-state index in [-0.39, 0.29) is 12.0 Å². The molecule has 1 unspecified atom stereocenters. The SMILES string of the molecule is NCC#Cc1cccc(CNC(=O)C2CCCO2)c1. The average Bonchev–Trinajstić information content (AvgIpc) is 2.97. The Balaban J connectivity index is 1.90. The second-order valence-electron chi connectivity index (χ2n) is 4.43. The zero-order chi connectivity index (χ0) is 13.5. The maximum Gasteiger partial charge on any atom is 0.249 e. The third-order valence-electron chi connectivity index (χ3n) is 2.95. The molecule has 1 heterocycles. The van der Waals surface area contributed by atoms with Gasteiger partial charge in [-0.15, -0.1) is 0 Å². The van der Waals surface area contributed by atoms with E-state index < -0.39 is 0 Å². The summed E-state index contributed by atoms with van der Waals surface area (Å²) in [7, 11) is 0. The molecular weight excluding hydrogens is 240 g/mol. The number of carbonyl (C=O) groups excluding carboxylic acids is 1. The van der Waals surface area contributed by atoms with E-state index in [0.29, 0.717) is 19.7 Å². The van der Waals surface area contributed by atoms with Gasteiger partial charge in [0.1, 0.15) is 6.10 Å². The van der Waals surface area contributed by atoms with Crippen molar-refractivity contribution >= 4 is 5.91 Å². The third kappa shape index (κ3) is 4.09. The number of carbonyl (C=O) groups is 1. The summed E-state index contributed by atoms with van der Waals surface area (Å²) in [5.41, 5.74) is 7.27. The molecule has 0 radical (unpaired) electrons. The minimum Gasteiger partial charge on any atom is -0.368 e. The van der Waals surface area contributed by atoms with Crippen molar-refractivity contribution in [2.45, 2.75) is 25.5 Å². The molecule has 0 saturated carbocycles. The first-order valence-corrected chi connectivity index (χ1v) is 6.47. The standard InChI is InChI=1S/C15H18N2O2/c16-8-2-6-12-4-1-5-13(10-12)11-17-15(18)14-7-3-9-19-14/h1,4-5,10,14H,3,7-9,11,16H2,(H,17,18). The minimum atomic E-state index is -0.278. The van der Waals surface area contributed by atoms with Gasteiger partial charge in [-0.05, 0) is 30.5 Å². The Kier molecular flexibility index (Phi) is 4.96. The lowest BCUT2D eigenvalue weighted by Crippen LogP contribution is -2.33. The molecule has 1 aliphatic rings. The Hall–Kier alpha value is -1.83. The molecule has 1 aromatic rings. The smallest absolute Gasteiger partial charge is 0.249 e. The summed E-state index contributed by atoms with van der Waals surface area (Å²) in [6, 6.07) is 7.77. The van der Waals surface area contributed by atoms with Gasteiger partial charge in [-0.25, -0.2) is 0 Å². The first-order chi connectivity index (χ1) is 9.29. The number of benzene rings is 1. The van der Waals surface area contributed by atoms with E-state index in [9.17, 15) is 4.79 Å². The first kappa shape index (κ1) is 13.6. The lowest BCUT2D eigenvalue weighted by atomic mass is 10.1. The summed E-state index contributed by atoms with van der Waals surface area (Å²) in [4.78, 5) is 11.8. The van der Waals surface area contributed by atoms with E-state index in [1.807, 2.05) is 24.3 Å². The molecule has 0 bridgehead atoms. The maximum atomic E-state index is 11.8. The molecule has 1 saturated heterocycles. The van der Waals surface area contributed by atoms with Crippen molar-refractivity contribution in [3.63, 3.8) is 0 Å². The minimum absolute atomic E-state index is 0.0315. The van der Waals surface area contributed by atoms with Crippen LogP contribution in [0.15, 0.2) is 24.3 Å². The van der Waals surface area contributed by atoms with Crippen LogP contribution in [0.1, 0.15) is 24.0 Å². The van der Waals surface area contributed by atoms with E-state index in [2.05, 4.69) is 17.2 Å². The van der Waals surface area contributed by atoms with Gasteiger partial charge in [-0.3, -0.25) is 4.79 Å². The van der Waals surface area contributed by atoms with Crippen LogP contribution in [0.4, 0.5) is 0 Å². The van der Waals surface area contributed by atoms with Crippen LogP contribution in [0, 0.1) is 11.8 Å². The summed E-state index contributed by atoms with van der Waals surface area (Å²) < 4.78 is 5.33. The zero-order valence-electron chi connectivity index (χ0n) is 10.8. The van der Waals surface area contributed by atoms with Crippen molar-refractivity contribution < 1.29 is 9.53 Å². The summed E-state index contributed by atoms with van der Waals surface area (Å²) >= 11 is 0. The topological polar surface area (TPSA) is 64.3 Å². The molecule has 2 rings (SSSR count). The van der Waals surface area contributed by atoms with Gasteiger partial charge in [0.05, 0.1) is 6.54 Å². The first-order valence-electron chi connectivity index (χ1n) is 6.47. The Bertz CT molecular complexity index is 496. The fourth-order valence-corrected chi connectivity index (χ4v) is 2.00. The van der Waals surface area contributed by atoms with Crippen LogP contribution in [0.5, 0.6) is 0 Å². The summed E-state index contributed by atoms with van der Waals surface area (Å²) in [6.45, 7) is 1.53. The molecule has 0 spiro atoms. The van der Waals surface area contributed by atoms with Crippen LogP contribution in [0.3, 0.4) is 0 Å². The molecule has 1 amide bonds. The van der Waals surface area contributed by atoms with Gasteiger partial charge in [0.15, 0.2) is 0 Å². The second-order valence-corrected chi connectivity index (χ2v) is 4.43. The van der Waals surface area contributed by atoms with Gasteiger partial charge in [0.25, 0.3) is 0 Å². The highest BCUT2D eigenvalue weighted by molar-refractivity contribution is 5.80. The van der Waals surface area contributed by atoms with Crippen molar-refractivity contribution in [2.24, 2.45) is 5.73 Å². The van der Waals surface area contributed by atoms with Crippen LogP contribution in [0.2, 0.25) is 0 Å². The molecule has 0 aromatic heterocycles. The molecule has 100 valence electrons. The number of ether oxygens (including phenoxy) is 1. The lowest BCUT2D eigenvalue weighted by molar-refractivity contribution is -0.130. The predicted octanol–water partition coefficient (Wildman–Crippen LogP) is 0.792. The molecule has 19 heavy (non-hydrogen) atoms. The molecule has 4 nitrogen and oxygen atoms in total. The van der Waals surface area contributed by atoms with E-state index >= 15 is 0 Å². The van der Waals surface area contributed by atoms with Crippen LogP contribution < -0.4 is 11.1 Å². The fraction of sp³-hybridized carbons (Fsp3) is 0.400. The zero-order valence-corrected chi connectivity index (χ0v) is 10.8. The van der Waals surface area contributed by atoms with Gasteiger partial charge in [0.2, 0.25) is 5.91 Å². The van der Waals surface area contributed by atoms with Crippen LogP contribution in [-0.4, -0.2) is 25.2 Å². The van der Waals surface area contributed by atoms with E-state index in [1.54, 1.807) is 0 Å². The van der Waals surface area contributed by atoms with Gasteiger partial charge < -0.3 is 15.8 Å². The molecule has 1 aromatic carbocycles. The highest BCUT2D eigenvalue weighted by Gasteiger charge is 2.22. The lowest BCUT2D eigenvalue weighted by Gasteiger charge is -2.10. The fourth-order valence-electron chi connectivity index (χ4n) is 2.00. The predicted molar refractivity (Wildman–Crippen MR) is 73.2 cm³/mol. The molecule has 0 aliphatic carbocycles. The number of amides is 1. The largest absolute Gasteiger partial charge is 0.368 e. The van der Waals surface area contributed by atoms with Crippen LogP contribution in [0.25, 0.3) is 0 Å². The average molecular weight is 258 g/mol. The summed E-state index contributed by atoms with van der Waals surface area (Å²) in [5.74, 6) is 5.76. The van der Waals surface area contributed by atoms with Crippen LogP contribution >= 0.6 is 0 Å². The monoisotopic (exact) mass is 258 g/mol. The third-order valence-corrected chi connectivity index (χ3v) is 2.95. The van der Waals surface area contributed by atoms with Crippen molar-refractivity contribution in [1.82, 2.24) is 5.32 Å². The Morgan fingerprint density at radius 1 is 1.53 bits per heavy atom. The number of nitrogens with one attached hydrogen (secondary N) is 1. The highest BCUT2D eigenvalue weighted by Crippen LogP contribution is 2.12. The summed E-state index contributed by atoms with van der Waals surface area (Å²) in [6.07, 6.45) is 1.50. The Morgan fingerprint density at radius 3 is 3.16 bits per heavy atom. The number of nitrogens with two attached hydrogens (primary N) is 1. The van der Waals surface area contributed by atoms with Crippen molar-refractivity contribution in [3.8, 4) is 11.8 Å². The number of hydrogen-bond donors (Lipinski definition) is 2. The van der Waals surface area contributed by atoms with E-state index in [4.69, 9.17) is 10.5 Å². The van der Waals surface area contributed by atoms with Crippen molar-refractivity contribution in [1.29, 1.82) is 0 Å².